The summed E-state index contributed by atoms with van der Waals surface area (Å²) in [7, 11) is -3.52. The van der Waals surface area contributed by atoms with E-state index in [0.29, 0.717) is 17.9 Å². The molecule has 0 bridgehead atoms. The Bertz CT molecular complexity index is 547. The molecule has 6 heteroatoms. The van der Waals surface area contributed by atoms with Crippen LogP contribution in [0.25, 0.3) is 6.08 Å². The van der Waals surface area contributed by atoms with Crippen LogP contribution in [0.2, 0.25) is 5.02 Å². The van der Waals surface area contributed by atoms with E-state index in [2.05, 4.69) is 4.72 Å². The SMILES string of the molecule is O=S(=O)(/C=C/c1ccc(Cl)cc1)NC1(CO)CC1. The highest BCUT2D eigenvalue weighted by Gasteiger charge is 2.44. The largest absolute Gasteiger partial charge is 0.394 e. The van der Waals surface area contributed by atoms with Gasteiger partial charge in [-0.05, 0) is 36.6 Å². The Labute approximate surface area is 111 Å². The molecule has 0 saturated heterocycles. The molecular formula is C12H14ClNO3S. The van der Waals surface area contributed by atoms with Crippen LogP contribution in [0, 0.1) is 0 Å². The van der Waals surface area contributed by atoms with Crippen LogP contribution >= 0.6 is 11.6 Å². The molecule has 2 rings (SSSR count). The fourth-order valence-corrected chi connectivity index (χ4v) is 2.92. The van der Waals surface area contributed by atoms with Gasteiger partial charge >= 0.3 is 0 Å². The van der Waals surface area contributed by atoms with Gasteiger partial charge in [-0.3, -0.25) is 0 Å². The number of aliphatic hydroxyl groups excluding tert-OH is 1. The van der Waals surface area contributed by atoms with Crippen molar-refractivity contribution < 1.29 is 13.5 Å². The maximum absolute atomic E-state index is 11.8. The summed E-state index contributed by atoms with van der Waals surface area (Å²) in [4.78, 5) is 0. The van der Waals surface area contributed by atoms with Gasteiger partial charge in [-0.15, -0.1) is 0 Å². The molecular weight excluding hydrogens is 274 g/mol. The van der Waals surface area contributed by atoms with E-state index in [9.17, 15) is 8.42 Å². The number of hydrogen-bond donors (Lipinski definition) is 2. The van der Waals surface area contributed by atoms with Crippen molar-refractivity contribution >= 4 is 27.7 Å². The Morgan fingerprint density at radius 3 is 2.44 bits per heavy atom. The van der Waals surface area contributed by atoms with Gasteiger partial charge in [-0.25, -0.2) is 13.1 Å². The van der Waals surface area contributed by atoms with E-state index in [1.807, 2.05) is 0 Å². The number of hydrogen-bond acceptors (Lipinski definition) is 3. The minimum atomic E-state index is -3.52. The van der Waals surface area contributed by atoms with Crippen molar-refractivity contribution in [3.63, 3.8) is 0 Å². The number of benzene rings is 1. The molecule has 1 aromatic rings. The van der Waals surface area contributed by atoms with Crippen LogP contribution in [0.3, 0.4) is 0 Å². The third-order valence-corrected chi connectivity index (χ3v) is 4.29. The molecule has 1 fully saturated rings. The highest BCUT2D eigenvalue weighted by Crippen LogP contribution is 2.35. The zero-order valence-electron chi connectivity index (χ0n) is 9.64. The molecule has 1 aromatic carbocycles. The Morgan fingerprint density at radius 1 is 1.33 bits per heavy atom. The van der Waals surface area contributed by atoms with E-state index in [-0.39, 0.29) is 6.61 Å². The molecule has 1 aliphatic carbocycles. The van der Waals surface area contributed by atoms with E-state index in [4.69, 9.17) is 16.7 Å². The summed E-state index contributed by atoms with van der Waals surface area (Å²) < 4.78 is 26.0. The minimum absolute atomic E-state index is 0.166. The van der Waals surface area contributed by atoms with Gasteiger partial charge in [0.15, 0.2) is 0 Å². The minimum Gasteiger partial charge on any atom is -0.394 e. The summed E-state index contributed by atoms with van der Waals surface area (Å²) in [6.45, 7) is -0.166. The van der Waals surface area contributed by atoms with Crippen molar-refractivity contribution in [1.82, 2.24) is 4.72 Å². The Hall–Kier alpha value is -0.880. The molecule has 4 nitrogen and oxygen atoms in total. The van der Waals surface area contributed by atoms with Crippen LogP contribution in [0.5, 0.6) is 0 Å². The van der Waals surface area contributed by atoms with Crippen molar-refractivity contribution in [2.24, 2.45) is 0 Å². The molecule has 0 spiro atoms. The normalized spacial score (nSPS) is 18.1. The molecule has 0 aromatic heterocycles. The van der Waals surface area contributed by atoms with Gasteiger partial charge in [0, 0.05) is 10.4 Å². The summed E-state index contributed by atoms with van der Waals surface area (Å²) in [6, 6.07) is 6.84. The van der Waals surface area contributed by atoms with Crippen molar-refractivity contribution in [2.75, 3.05) is 6.61 Å². The summed E-state index contributed by atoms with van der Waals surface area (Å²) in [5.41, 5.74) is 0.113. The Balaban J connectivity index is 2.06. The van der Waals surface area contributed by atoms with Gasteiger partial charge in [-0.1, -0.05) is 23.7 Å². The van der Waals surface area contributed by atoms with E-state index in [1.165, 1.54) is 6.08 Å². The summed E-state index contributed by atoms with van der Waals surface area (Å²) in [6.07, 6.45) is 2.85. The average Bonchev–Trinajstić information content (AvgIpc) is 3.08. The van der Waals surface area contributed by atoms with Crippen molar-refractivity contribution in [2.45, 2.75) is 18.4 Å². The molecule has 0 aliphatic heterocycles. The molecule has 2 N–H and O–H groups in total. The van der Waals surface area contributed by atoms with E-state index >= 15 is 0 Å². The second kappa shape index (κ2) is 5.01. The smallest absolute Gasteiger partial charge is 0.234 e. The van der Waals surface area contributed by atoms with E-state index < -0.39 is 15.6 Å². The lowest BCUT2D eigenvalue weighted by molar-refractivity contribution is 0.247. The number of sulfonamides is 1. The summed E-state index contributed by atoms with van der Waals surface area (Å²) >= 11 is 5.73. The van der Waals surface area contributed by atoms with Gasteiger partial charge in [0.2, 0.25) is 10.0 Å². The fourth-order valence-electron chi connectivity index (χ4n) is 1.52. The quantitative estimate of drug-likeness (QED) is 0.867. The first kappa shape index (κ1) is 13.5. The predicted octanol–water partition coefficient (Wildman–Crippen LogP) is 1.75. The van der Waals surface area contributed by atoms with Crippen LogP contribution in [0.4, 0.5) is 0 Å². The maximum Gasteiger partial charge on any atom is 0.234 e. The molecule has 1 saturated carbocycles. The Kier molecular flexibility index (Phi) is 3.77. The first-order chi connectivity index (χ1) is 8.45. The first-order valence-corrected chi connectivity index (χ1v) is 7.46. The van der Waals surface area contributed by atoms with Gasteiger partial charge in [0.05, 0.1) is 12.1 Å². The predicted molar refractivity (Wildman–Crippen MR) is 71.6 cm³/mol. The van der Waals surface area contributed by atoms with Crippen LogP contribution < -0.4 is 4.72 Å². The van der Waals surface area contributed by atoms with Crippen LogP contribution in [0.1, 0.15) is 18.4 Å². The van der Waals surface area contributed by atoms with Crippen molar-refractivity contribution in [3.05, 3.63) is 40.3 Å². The zero-order chi connectivity index (χ0) is 13.2. The Morgan fingerprint density at radius 2 is 1.94 bits per heavy atom. The molecule has 0 amide bonds. The van der Waals surface area contributed by atoms with Gasteiger partial charge in [0.1, 0.15) is 0 Å². The third kappa shape index (κ3) is 3.55. The lowest BCUT2D eigenvalue weighted by atomic mass is 10.2. The van der Waals surface area contributed by atoms with Crippen molar-refractivity contribution in [3.8, 4) is 0 Å². The second-order valence-corrected chi connectivity index (χ2v) is 6.44. The standard InChI is InChI=1S/C12H14ClNO3S/c13-11-3-1-10(2-4-11)5-8-18(16,17)14-12(9-15)6-7-12/h1-5,8,14-15H,6-7,9H2/b8-5+. The number of nitrogens with one attached hydrogen (secondary N) is 1. The monoisotopic (exact) mass is 287 g/mol. The lowest BCUT2D eigenvalue weighted by Crippen LogP contribution is -2.38. The van der Waals surface area contributed by atoms with Gasteiger partial charge in [0.25, 0.3) is 0 Å². The topological polar surface area (TPSA) is 66.4 Å². The third-order valence-electron chi connectivity index (χ3n) is 2.82. The lowest BCUT2D eigenvalue weighted by Gasteiger charge is -2.11. The number of halogens is 1. The molecule has 18 heavy (non-hydrogen) atoms. The van der Waals surface area contributed by atoms with Crippen LogP contribution in [-0.4, -0.2) is 25.7 Å². The van der Waals surface area contributed by atoms with Crippen molar-refractivity contribution in [1.29, 1.82) is 0 Å². The van der Waals surface area contributed by atoms with Gasteiger partial charge < -0.3 is 5.11 Å². The average molecular weight is 288 g/mol. The molecule has 0 unspecified atom stereocenters. The highest BCUT2D eigenvalue weighted by molar-refractivity contribution is 7.92. The first-order valence-electron chi connectivity index (χ1n) is 5.53. The van der Waals surface area contributed by atoms with Crippen LogP contribution in [-0.2, 0) is 10.0 Å². The molecule has 0 atom stereocenters. The van der Waals surface area contributed by atoms with Crippen LogP contribution in [0.15, 0.2) is 29.7 Å². The van der Waals surface area contributed by atoms with Gasteiger partial charge in [-0.2, -0.15) is 0 Å². The second-order valence-electron chi connectivity index (χ2n) is 4.44. The number of rotatable bonds is 5. The molecule has 1 aliphatic rings. The summed E-state index contributed by atoms with van der Waals surface area (Å²) in [5, 5.41) is 10.8. The molecule has 0 radical (unpaired) electrons. The molecule has 0 heterocycles. The zero-order valence-corrected chi connectivity index (χ0v) is 11.2. The summed E-state index contributed by atoms with van der Waals surface area (Å²) in [5.74, 6) is 0. The number of aliphatic hydroxyl groups is 1. The van der Waals surface area contributed by atoms with E-state index in [0.717, 1.165) is 11.0 Å². The molecule has 98 valence electrons. The van der Waals surface area contributed by atoms with E-state index in [1.54, 1.807) is 24.3 Å². The highest BCUT2D eigenvalue weighted by atomic mass is 35.5. The fraction of sp³-hybridized carbons (Fsp3) is 0.333. The maximum atomic E-state index is 11.8.